The van der Waals surface area contributed by atoms with E-state index >= 15 is 0 Å². The van der Waals surface area contributed by atoms with Gasteiger partial charge >= 0.3 is 0 Å². The van der Waals surface area contributed by atoms with Crippen molar-refractivity contribution in [2.24, 2.45) is 0 Å². The Hall–Kier alpha value is -1.77. The third kappa shape index (κ3) is 3.09. The van der Waals surface area contributed by atoms with Crippen LogP contribution in [0.4, 0.5) is 5.69 Å². The van der Waals surface area contributed by atoms with Crippen molar-refractivity contribution in [2.75, 3.05) is 11.9 Å². The van der Waals surface area contributed by atoms with E-state index in [0.717, 1.165) is 12.0 Å². The molecule has 0 bridgehead atoms. The number of benzene rings is 2. The molecule has 0 aromatic heterocycles. The van der Waals surface area contributed by atoms with Gasteiger partial charge in [0.25, 0.3) is 5.69 Å². The zero-order chi connectivity index (χ0) is 18.1. The summed E-state index contributed by atoms with van der Waals surface area (Å²) in [6.07, 6.45) is 1.47. The second-order valence-corrected chi connectivity index (χ2v) is 8.39. The van der Waals surface area contributed by atoms with Crippen molar-refractivity contribution in [3.05, 3.63) is 70.3 Å². The maximum absolute atomic E-state index is 13.2. The average Bonchev–Trinajstić information content (AvgIpc) is 3.08. The molecule has 0 N–H and O–H groups in total. The lowest BCUT2D eigenvalue weighted by Crippen LogP contribution is -2.46. The van der Waals surface area contributed by atoms with Crippen molar-refractivity contribution in [1.29, 1.82) is 0 Å². The monoisotopic (exact) mass is 424 g/mol. The van der Waals surface area contributed by atoms with Crippen molar-refractivity contribution >= 4 is 31.6 Å². The zero-order valence-corrected chi connectivity index (χ0v) is 15.7. The fourth-order valence-electron chi connectivity index (χ4n) is 3.32. The van der Waals surface area contributed by atoms with Gasteiger partial charge in [-0.25, -0.2) is 8.42 Å². The second-order valence-electron chi connectivity index (χ2n) is 5.96. The van der Waals surface area contributed by atoms with Crippen molar-refractivity contribution in [3.63, 3.8) is 0 Å². The Labute approximate surface area is 154 Å². The van der Waals surface area contributed by atoms with E-state index in [4.69, 9.17) is 0 Å². The lowest BCUT2D eigenvalue weighted by Gasteiger charge is -2.36. The van der Waals surface area contributed by atoms with Gasteiger partial charge in [-0.1, -0.05) is 46.3 Å². The Balaban J connectivity index is 2.05. The topological polar surface area (TPSA) is 80.5 Å². The fourth-order valence-corrected chi connectivity index (χ4v) is 6.22. The number of sulfonamides is 1. The highest BCUT2D eigenvalue weighted by Gasteiger charge is 2.48. The van der Waals surface area contributed by atoms with Gasteiger partial charge in [0.15, 0.2) is 0 Å². The van der Waals surface area contributed by atoms with E-state index in [0.29, 0.717) is 18.3 Å². The molecule has 1 aliphatic heterocycles. The molecule has 0 spiro atoms. The SMILES string of the molecule is O=[N+]([O-])c1ccc(S(=O)(=O)N2CCC[C@]2(CBr)c2ccccc2)cc1. The number of nitrogens with zero attached hydrogens (tertiary/aromatic N) is 2. The lowest BCUT2D eigenvalue weighted by molar-refractivity contribution is -0.384. The number of nitro groups is 1. The Kier molecular flexibility index (Phi) is 4.95. The standard InChI is InChI=1S/C17H17BrN2O4S/c18-13-17(14-5-2-1-3-6-14)11-4-12-19(17)25(23,24)16-9-7-15(8-10-16)20(21)22/h1-3,5-10H,4,11-13H2/t17-/m0/s1. The third-order valence-corrected chi connectivity index (χ3v) is 7.50. The van der Waals surface area contributed by atoms with Gasteiger partial charge in [0.05, 0.1) is 15.4 Å². The van der Waals surface area contributed by atoms with Crippen LogP contribution in [0.1, 0.15) is 18.4 Å². The first-order valence-corrected chi connectivity index (χ1v) is 10.4. The number of hydrogen-bond acceptors (Lipinski definition) is 4. The van der Waals surface area contributed by atoms with Gasteiger partial charge in [-0.15, -0.1) is 0 Å². The predicted molar refractivity (Wildman–Crippen MR) is 98.1 cm³/mol. The highest BCUT2D eigenvalue weighted by Crippen LogP contribution is 2.43. The van der Waals surface area contributed by atoms with Crippen LogP contribution >= 0.6 is 15.9 Å². The van der Waals surface area contributed by atoms with Crippen molar-refractivity contribution in [3.8, 4) is 0 Å². The number of halogens is 1. The van der Waals surface area contributed by atoms with Gasteiger partial charge in [-0.3, -0.25) is 10.1 Å². The highest BCUT2D eigenvalue weighted by atomic mass is 79.9. The minimum atomic E-state index is -3.77. The molecule has 132 valence electrons. The summed E-state index contributed by atoms with van der Waals surface area (Å²) in [4.78, 5) is 10.3. The Bertz CT molecular complexity index is 871. The first-order valence-electron chi connectivity index (χ1n) is 7.81. The van der Waals surface area contributed by atoms with Crippen molar-refractivity contribution in [1.82, 2.24) is 4.31 Å². The molecule has 0 unspecified atom stereocenters. The second kappa shape index (κ2) is 6.86. The highest BCUT2D eigenvalue weighted by molar-refractivity contribution is 9.09. The van der Waals surface area contributed by atoms with Crippen LogP contribution in [0.2, 0.25) is 0 Å². The van der Waals surface area contributed by atoms with Crippen LogP contribution < -0.4 is 0 Å². The molecule has 6 nitrogen and oxygen atoms in total. The summed E-state index contributed by atoms with van der Waals surface area (Å²) in [5.41, 5.74) is 0.159. The van der Waals surface area contributed by atoms with E-state index in [-0.39, 0.29) is 10.6 Å². The molecular formula is C17H17BrN2O4S. The number of rotatable bonds is 5. The van der Waals surface area contributed by atoms with Crippen molar-refractivity contribution < 1.29 is 13.3 Å². The summed E-state index contributed by atoms with van der Waals surface area (Å²) in [5.74, 6) is 0. The number of nitro benzene ring substituents is 1. The summed E-state index contributed by atoms with van der Waals surface area (Å²) < 4.78 is 27.9. The lowest BCUT2D eigenvalue weighted by atomic mass is 9.91. The van der Waals surface area contributed by atoms with E-state index in [2.05, 4.69) is 15.9 Å². The smallest absolute Gasteiger partial charge is 0.258 e. The molecule has 0 saturated carbocycles. The molecule has 1 saturated heterocycles. The molecule has 1 aliphatic rings. The fraction of sp³-hybridized carbons (Fsp3) is 0.294. The number of hydrogen-bond donors (Lipinski definition) is 0. The Morgan fingerprint density at radius 1 is 1.12 bits per heavy atom. The van der Waals surface area contributed by atoms with Crippen LogP contribution in [-0.4, -0.2) is 29.5 Å². The summed E-state index contributed by atoms with van der Waals surface area (Å²) in [7, 11) is -3.77. The Morgan fingerprint density at radius 2 is 1.76 bits per heavy atom. The average molecular weight is 425 g/mol. The summed E-state index contributed by atoms with van der Waals surface area (Å²) in [5, 5.41) is 11.3. The normalized spacial score (nSPS) is 21.3. The van der Waals surface area contributed by atoms with Gasteiger partial charge in [-0.2, -0.15) is 4.31 Å². The number of alkyl halides is 1. The predicted octanol–water partition coefficient (Wildman–Crippen LogP) is 3.67. The summed E-state index contributed by atoms with van der Waals surface area (Å²) in [6.45, 7) is 0.416. The van der Waals surface area contributed by atoms with Gasteiger partial charge < -0.3 is 0 Å². The van der Waals surface area contributed by atoms with E-state index in [1.807, 2.05) is 30.3 Å². The summed E-state index contributed by atoms with van der Waals surface area (Å²) >= 11 is 3.51. The zero-order valence-electron chi connectivity index (χ0n) is 13.3. The van der Waals surface area contributed by atoms with E-state index < -0.39 is 20.5 Å². The van der Waals surface area contributed by atoms with Crippen LogP contribution in [0.15, 0.2) is 59.5 Å². The molecule has 3 rings (SSSR count). The van der Waals surface area contributed by atoms with E-state index in [1.165, 1.54) is 28.6 Å². The minimum Gasteiger partial charge on any atom is -0.258 e. The van der Waals surface area contributed by atoms with Gasteiger partial charge in [0.1, 0.15) is 0 Å². The molecule has 2 aromatic rings. The molecule has 1 atom stereocenters. The van der Waals surface area contributed by atoms with Gasteiger partial charge in [-0.05, 0) is 30.5 Å². The van der Waals surface area contributed by atoms with Crippen LogP contribution in [-0.2, 0) is 15.6 Å². The first kappa shape index (κ1) is 18.0. The van der Waals surface area contributed by atoms with Crippen LogP contribution in [0.25, 0.3) is 0 Å². The van der Waals surface area contributed by atoms with Crippen LogP contribution in [0, 0.1) is 10.1 Å². The maximum atomic E-state index is 13.2. The van der Waals surface area contributed by atoms with E-state index in [9.17, 15) is 18.5 Å². The first-order chi connectivity index (χ1) is 11.9. The van der Waals surface area contributed by atoms with Gasteiger partial charge in [0.2, 0.25) is 10.0 Å². The third-order valence-electron chi connectivity index (χ3n) is 4.60. The van der Waals surface area contributed by atoms with E-state index in [1.54, 1.807) is 0 Å². The molecule has 8 heteroatoms. The molecule has 0 radical (unpaired) electrons. The molecule has 1 fully saturated rings. The molecule has 1 heterocycles. The molecule has 0 aliphatic carbocycles. The van der Waals surface area contributed by atoms with Crippen LogP contribution in [0.3, 0.4) is 0 Å². The minimum absolute atomic E-state index is 0.0706. The molecule has 0 amide bonds. The molecule has 25 heavy (non-hydrogen) atoms. The van der Waals surface area contributed by atoms with Gasteiger partial charge in [0, 0.05) is 24.0 Å². The maximum Gasteiger partial charge on any atom is 0.269 e. The van der Waals surface area contributed by atoms with Crippen molar-refractivity contribution in [2.45, 2.75) is 23.3 Å². The summed E-state index contributed by atoms with van der Waals surface area (Å²) in [6, 6.07) is 14.6. The number of non-ortho nitro benzene ring substituents is 1. The Morgan fingerprint density at radius 3 is 2.32 bits per heavy atom. The largest absolute Gasteiger partial charge is 0.269 e. The quantitative estimate of drug-likeness (QED) is 0.416. The molecular weight excluding hydrogens is 408 g/mol. The van der Waals surface area contributed by atoms with Crippen LogP contribution in [0.5, 0.6) is 0 Å². The molecule has 2 aromatic carbocycles.